The molecule has 4 aromatic rings. The zero-order chi connectivity index (χ0) is 24.2. The van der Waals surface area contributed by atoms with Gasteiger partial charge >= 0.3 is 6.61 Å². The number of alkyl halides is 2. The molecule has 0 radical (unpaired) electrons. The third-order valence-corrected chi connectivity index (χ3v) is 4.83. The fourth-order valence-electron chi connectivity index (χ4n) is 3.20. The maximum atomic E-state index is 14.4. The van der Waals surface area contributed by atoms with Crippen LogP contribution in [0.25, 0.3) is 16.9 Å². The number of carbonyl (C=O) groups is 1. The molecule has 0 saturated carbocycles. The first-order valence-corrected chi connectivity index (χ1v) is 9.89. The molecular weight excluding hydrogens is 454 g/mol. The van der Waals surface area contributed by atoms with Gasteiger partial charge in [0.15, 0.2) is 0 Å². The lowest BCUT2D eigenvalue weighted by Gasteiger charge is -2.10. The maximum absolute atomic E-state index is 14.4. The van der Waals surface area contributed by atoms with Crippen molar-refractivity contribution in [3.05, 3.63) is 90.1 Å². The molecule has 1 heterocycles. The third-order valence-electron chi connectivity index (χ3n) is 4.83. The zero-order valence-corrected chi connectivity index (χ0v) is 17.6. The summed E-state index contributed by atoms with van der Waals surface area (Å²) in [6.45, 7) is -2.98. The molecule has 0 fully saturated rings. The summed E-state index contributed by atoms with van der Waals surface area (Å²) in [6, 6.07) is 15.0. The van der Waals surface area contributed by atoms with Gasteiger partial charge in [0.2, 0.25) is 5.95 Å². The lowest BCUT2D eigenvalue weighted by atomic mass is 10.1. The minimum absolute atomic E-state index is 0.0395. The van der Waals surface area contributed by atoms with Gasteiger partial charge < -0.3 is 9.47 Å². The maximum Gasteiger partial charge on any atom is 0.387 e. The lowest BCUT2D eigenvalue weighted by Crippen LogP contribution is -2.15. The van der Waals surface area contributed by atoms with E-state index in [1.807, 2.05) is 0 Å². The molecule has 0 spiro atoms. The number of imidazole rings is 1. The number of rotatable bonds is 7. The molecule has 4 rings (SSSR count). The number of anilines is 1. The van der Waals surface area contributed by atoms with Gasteiger partial charge in [-0.2, -0.15) is 8.78 Å². The Morgan fingerprint density at radius 3 is 2.26 bits per heavy atom. The Morgan fingerprint density at radius 1 is 0.971 bits per heavy atom. The van der Waals surface area contributed by atoms with Crippen LogP contribution in [-0.2, 0) is 0 Å². The number of methoxy groups -OCH3 is 1. The van der Waals surface area contributed by atoms with E-state index in [0.717, 1.165) is 12.1 Å². The number of aromatic nitrogens is 2. The van der Waals surface area contributed by atoms with E-state index in [0.29, 0.717) is 11.4 Å². The van der Waals surface area contributed by atoms with Gasteiger partial charge in [0.05, 0.1) is 12.8 Å². The van der Waals surface area contributed by atoms with Gasteiger partial charge in [0.1, 0.15) is 23.1 Å². The summed E-state index contributed by atoms with van der Waals surface area (Å²) >= 11 is 0. The highest BCUT2D eigenvalue weighted by Crippen LogP contribution is 2.28. The zero-order valence-electron chi connectivity index (χ0n) is 17.6. The van der Waals surface area contributed by atoms with E-state index in [1.165, 1.54) is 48.2 Å². The summed E-state index contributed by atoms with van der Waals surface area (Å²) in [5.41, 5.74) is 0.931. The van der Waals surface area contributed by atoms with E-state index in [9.17, 15) is 22.4 Å². The molecule has 0 unspecified atom stereocenters. The van der Waals surface area contributed by atoms with Crippen molar-refractivity contribution >= 4 is 11.9 Å². The minimum atomic E-state index is -2.98. The summed E-state index contributed by atoms with van der Waals surface area (Å²) in [7, 11) is 1.52. The quantitative estimate of drug-likeness (QED) is 0.352. The number of ether oxygens (including phenoxy) is 2. The molecule has 1 amide bonds. The van der Waals surface area contributed by atoms with Crippen molar-refractivity contribution < 1.29 is 31.8 Å². The molecule has 1 aromatic heterocycles. The number of nitrogens with one attached hydrogen (secondary N) is 1. The van der Waals surface area contributed by atoms with Crippen molar-refractivity contribution in [1.29, 1.82) is 0 Å². The number of amides is 1. The van der Waals surface area contributed by atoms with Crippen molar-refractivity contribution in [2.45, 2.75) is 6.61 Å². The van der Waals surface area contributed by atoms with Gasteiger partial charge in [0.25, 0.3) is 5.91 Å². The second-order valence-electron chi connectivity index (χ2n) is 7.00. The summed E-state index contributed by atoms with van der Waals surface area (Å²) in [5, 5.41) is 2.63. The average molecular weight is 471 g/mol. The van der Waals surface area contributed by atoms with Crippen molar-refractivity contribution in [2.24, 2.45) is 0 Å². The standard InChI is InChI=1S/C24H17F4N3O3/c1-33-17-9-5-16(6-10-17)31-13-21(19-11-4-15(25)12-20(19)26)29-24(31)30-22(32)14-2-7-18(8-3-14)34-23(27)28/h2-13,23H,1H3,(H,29,30,32). The third kappa shape index (κ3) is 5.01. The van der Waals surface area contributed by atoms with Gasteiger partial charge in [-0.15, -0.1) is 0 Å². The van der Waals surface area contributed by atoms with Crippen LogP contribution in [0.5, 0.6) is 11.5 Å². The Hall–Kier alpha value is -4.34. The number of halogens is 4. The molecule has 0 atom stereocenters. The first-order valence-electron chi connectivity index (χ1n) is 9.89. The van der Waals surface area contributed by atoms with Crippen LogP contribution in [0.4, 0.5) is 23.5 Å². The van der Waals surface area contributed by atoms with E-state index < -0.39 is 24.2 Å². The SMILES string of the molecule is COc1ccc(-n2cc(-c3ccc(F)cc3F)nc2NC(=O)c2ccc(OC(F)F)cc2)cc1. The molecule has 1 N–H and O–H groups in total. The number of hydrogen-bond acceptors (Lipinski definition) is 4. The van der Waals surface area contributed by atoms with Gasteiger partial charge in [-0.1, -0.05) is 0 Å². The first-order chi connectivity index (χ1) is 16.3. The topological polar surface area (TPSA) is 65.4 Å². The van der Waals surface area contributed by atoms with Gasteiger partial charge in [-0.3, -0.25) is 14.7 Å². The van der Waals surface area contributed by atoms with Crippen molar-refractivity contribution in [3.8, 4) is 28.4 Å². The second kappa shape index (κ2) is 9.65. The largest absolute Gasteiger partial charge is 0.497 e. The Bertz CT molecular complexity index is 1310. The van der Waals surface area contributed by atoms with Crippen LogP contribution in [0.15, 0.2) is 72.9 Å². The van der Waals surface area contributed by atoms with Crippen LogP contribution in [0.2, 0.25) is 0 Å². The van der Waals surface area contributed by atoms with E-state index in [-0.39, 0.29) is 28.5 Å². The highest BCUT2D eigenvalue weighted by atomic mass is 19.3. The molecule has 34 heavy (non-hydrogen) atoms. The van der Waals surface area contributed by atoms with E-state index in [1.54, 1.807) is 24.3 Å². The van der Waals surface area contributed by atoms with Crippen molar-refractivity contribution in [3.63, 3.8) is 0 Å². The van der Waals surface area contributed by atoms with Gasteiger partial charge in [0, 0.05) is 29.1 Å². The predicted molar refractivity (Wildman–Crippen MR) is 116 cm³/mol. The van der Waals surface area contributed by atoms with Crippen molar-refractivity contribution in [1.82, 2.24) is 9.55 Å². The van der Waals surface area contributed by atoms with Gasteiger partial charge in [-0.25, -0.2) is 13.8 Å². The van der Waals surface area contributed by atoms with Crippen LogP contribution in [0.3, 0.4) is 0 Å². The number of nitrogens with zero attached hydrogens (tertiary/aromatic N) is 2. The van der Waals surface area contributed by atoms with Gasteiger partial charge in [-0.05, 0) is 60.7 Å². The molecule has 0 aliphatic rings. The van der Waals surface area contributed by atoms with Crippen LogP contribution < -0.4 is 14.8 Å². The molecule has 0 saturated heterocycles. The molecule has 6 nitrogen and oxygen atoms in total. The lowest BCUT2D eigenvalue weighted by molar-refractivity contribution is -0.0498. The number of carbonyl (C=O) groups excluding carboxylic acids is 1. The number of benzene rings is 3. The summed E-state index contributed by atoms with van der Waals surface area (Å²) in [4.78, 5) is 17.1. The molecule has 174 valence electrons. The highest BCUT2D eigenvalue weighted by Gasteiger charge is 2.18. The van der Waals surface area contributed by atoms with E-state index in [4.69, 9.17) is 4.74 Å². The average Bonchev–Trinajstić information content (AvgIpc) is 3.22. The highest BCUT2D eigenvalue weighted by molar-refractivity contribution is 6.03. The molecule has 0 aliphatic carbocycles. The van der Waals surface area contributed by atoms with Crippen LogP contribution in [-0.4, -0.2) is 29.2 Å². The van der Waals surface area contributed by atoms with Crippen LogP contribution in [0.1, 0.15) is 10.4 Å². The molecule has 10 heteroatoms. The normalized spacial score (nSPS) is 10.9. The van der Waals surface area contributed by atoms with Crippen molar-refractivity contribution in [2.75, 3.05) is 12.4 Å². The molecule has 3 aromatic carbocycles. The fraction of sp³-hybridized carbons (Fsp3) is 0.0833. The van der Waals surface area contributed by atoms with E-state index >= 15 is 0 Å². The predicted octanol–water partition coefficient (Wildman–Crippen LogP) is 5.68. The summed E-state index contributed by atoms with van der Waals surface area (Å²) in [6.07, 6.45) is 1.49. The second-order valence-corrected chi connectivity index (χ2v) is 7.00. The Balaban J connectivity index is 1.69. The number of hydrogen-bond donors (Lipinski definition) is 1. The van der Waals surface area contributed by atoms with Crippen LogP contribution in [0, 0.1) is 11.6 Å². The van der Waals surface area contributed by atoms with E-state index in [2.05, 4.69) is 15.0 Å². The molecular formula is C24H17F4N3O3. The first kappa shape index (κ1) is 22.8. The Kier molecular flexibility index (Phi) is 6.48. The monoisotopic (exact) mass is 471 g/mol. The minimum Gasteiger partial charge on any atom is -0.497 e. The summed E-state index contributed by atoms with van der Waals surface area (Å²) < 4.78 is 63.4. The smallest absolute Gasteiger partial charge is 0.387 e. The van der Waals surface area contributed by atoms with Crippen LogP contribution >= 0.6 is 0 Å². The Labute approximate surface area is 191 Å². The fourth-order valence-corrected chi connectivity index (χ4v) is 3.20. The Morgan fingerprint density at radius 2 is 1.65 bits per heavy atom. The summed E-state index contributed by atoms with van der Waals surface area (Å²) in [5.74, 6) is -1.57. The molecule has 0 bridgehead atoms. The molecule has 0 aliphatic heterocycles.